The Morgan fingerprint density at radius 2 is 1.82 bits per heavy atom. The second-order valence-corrected chi connectivity index (χ2v) is 13.7. The number of anilines is 2. The predicted molar refractivity (Wildman–Crippen MR) is 173 cm³/mol. The number of nitrogens with zero attached hydrogens (tertiary/aromatic N) is 4. The minimum absolute atomic E-state index is 0.0406. The number of halogens is 1. The van der Waals surface area contributed by atoms with Crippen LogP contribution in [0.1, 0.15) is 39.2 Å². The first kappa shape index (κ1) is 32.0. The molecule has 13 heteroatoms. The average Bonchev–Trinajstić information content (AvgIpc) is 2.99. The van der Waals surface area contributed by atoms with Crippen molar-refractivity contribution in [2.24, 2.45) is 0 Å². The molecule has 0 radical (unpaired) electrons. The van der Waals surface area contributed by atoms with E-state index in [4.69, 9.17) is 26.1 Å². The lowest BCUT2D eigenvalue weighted by Crippen LogP contribution is -2.47. The summed E-state index contributed by atoms with van der Waals surface area (Å²) in [6.07, 6.45) is 4.54. The number of ether oxygens (including phenoxy) is 2. The number of pyridine rings is 1. The Balaban J connectivity index is 1.35. The van der Waals surface area contributed by atoms with Crippen molar-refractivity contribution in [3.63, 3.8) is 0 Å². The van der Waals surface area contributed by atoms with Gasteiger partial charge in [-0.05, 0) is 83.0 Å². The van der Waals surface area contributed by atoms with Crippen LogP contribution in [0.25, 0.3) is 11.3 Å². The number of carbonyl (C=O) groups excluding carboxylic acids is 1. The van der Waals surface area contributed by atoms with E-state index in [0.717, 1.165) is 12.8 Å². The van der Waals surface area contributed by atoms with Gasteiger partial charge in [0.2, 0.25) is 11.8 Å². The zero-order valence-electron chi connectivity index (χ0n) is 25.5. The number of carbonyl (C=O) groups is 1. The Kier molecular flexibility index (Phi) is 9.45. The molecule has 2 aromatic carbocycles. The Bertz CT molecular complexity index is 1800. The number of amides is 1. The summed E-state index contributed by atoms with van der Waals surface area (Å²) in [7, 11) is -3.98. The lowest BCUT2D eigenvalue weighted by atomic mass is 10.1. The number of sulfonamides is 1. The highest BCUT2D eigenvalue weighted by Crippen LogP contribution is 2.35. The first-order chi connectivity index (χ1) is 21.4. The summed E-state index contributed by atoms with van der Waals surface area (Å²) in [6.45, 7) is 8.30. The second kappa shape index (κ2) is 13.3. The van der Waals surface area contributed by atoms with Gasteiger partial charge in [-0.3, -0.25) is 4.72 Å². The van der Waals surface area contributed by atoms with E-state index in [1.165, 1.54) is 6.07 Å². The Labute approximate surface area is 268 Å². The number of rotatable bonds is 8. The fourth-order valence-electron chi connectivity index (χ4n) is 4.86. The number of hydrogen-bond acceptors (Lipinski definition) is 9. The molecule has 11 nitrogen and oxygen atoms in total. The molecule has 1 atom stereocenters. The van der Waals surface area contributed by atoms with Gasteiger partial charge in [-0.2, -0.15) is 0 Å². The standard InChI is InChI=1S/C32H35ClN6O5S/c1-21-27(14-7-15-28(21)45(41,42)38-26-13-6-5-12-24(26)33)43-29-23(11-8-17-34-29)25-16-18-35-30(37-25)36-22-10-9-19-39(20-22)31(40)44-32(2,3)4/h5-8,11-18,22,38H,9-10,19-20H2,1-4H3,(H,35,36,37)/t22-/m0/s1. The maximum atomic E-state index is 13.3. The predicted octanol–water partition coefficient (Wildman–Crippen LogP) is 6.90. The van der Waals surface area contributed by atoms with Crippen LogP contribution in [0, 0.1) is 6.92 Å². The summed E-state index contributed by atoms with van der Waals surface area (Å²) >= 11 is 6.18. The van der Waals surface area contributed by atoms with Crippen LogP contribution in [0.4, 0.5) is 16.4 Å². The zero-order chi connectivity index (χ0) is 32.2. The molecule has 1 aliphatic heterocycles. The molecule has 45 heavy (non-hydrogen) atoms. The number of likely N-dealkylation sites (tertiary alicyclic amines) is 1. The van der Waals surface area contributed by atoms with Crippen LogP contribution >= 0.6 is 11.6 Å². The lowest BCUT2D eigenvalue weighted by molar-refractivity contribution is 0.0206. The third-order valence-corrected chi connectivity index (χ3v) is 8.80. The van der Waals surface area contributed by atoms with E-state index in [0.29, 0.717) is 41.6 Å². The molecule has 1 amide bonds. The van der Waals surface area contributed by atoms with Gasteiger partial charge in [0.05, 0.1) is 26.9 Å². The molecule has 3 heterocycles. The van der Waals surface area contributed by atoms with Gasteiger partial charge in [0, 0.05) is 37.1 Å². The van der Waals surface area contributed by atoms with E-state index in [2.05, 4.69) is 20.0 Å². The van der Waals surface area contributed by atoms with Crippen molar-refractivity contribution in [3.05, 3.63) is 83.6 Å². The molecule has 1 aliphatic rings. The maximum Gasteiger partial charge on any atom is 0.410 e. The van der Waals surface area contributed by atoms with Gasteiger partial charge in [0.25, 0.3) is 10.0 Å². The molecule has 2 N–H and O–H groups in total. The van der Waals surface area contributed by atoms with Crippen LogP contribution in [0.2, 0.25) is 5.02 Å². The summed E-state index contributed by atoms with van der Waals surface area (Å²) in [5, 5.41) is 3.63. The third-order valence-electron chi connectivity index (χ3n) is 6.96. The van der Waals surface area contributed by atoms with Crippen molar-refractivity contribution >= 4 is 39.4 Å². The molecule has 1 fully saturated rings. The van der Waals surface area contributed by atoms with Crippen molar-refractivity contribution in [2.75, 3.05) is 23.1 Å². The largest absolute Gasteiger partial charge is 0.444 e. The Hall–Kier alpha value is -4.42. The molecule has 0 aliphatic carbocycles. The highest BCUT2D eigenvalue weighted by Gasteiger charge is 2.28. The Morgan fingerprint density at radius 1 is 1.02 bits per heavy atom. The van der Waals surface area contributed by atoms with E-state index in [1.54, 1.807) is 72.7 Å². The number of benzene rings is 2. The molecular weight excluding hydrogens is 616 g/mol. The topological polar surface area (TPSA) is 136 Å². The quantitative estimate of drug-likeness (QED) is 0.209. The van der Waals surface area contributed by atoms with Crippen LogP contribution < -0.4 is 14.8 Å². The molecule has 4 aromatic rings. The monoisotopic (exact) mass is 650 g/mol. The average molecular weight is 651 g/mol. The van der Waals surface area contributed by atoms with Crippen LogP contribution in [0.15, 0.2) is 78.0 Å². The number of nitrogens with one attached hydrogen (secondary N) is 2. The van der Waals surface area contributed by atoms with Gasteiger partial charge >= 0.3 is 6.09 Å². The minimum atomic E-state index is -3.98. The Morgan fingerprint density at radius 3 is 2.60 bits per heavy atom. The van der Waals surface area contributed by atoms with Crippen molar-refractivity contribution in [3.8, 4) is 22.9 Å². The van der Waals surface area contributed by atoms with Gasteiger partial charge in [-0.15, -0.1) is 0 Å². The smallest absolute Gasteiger partial charge is 0.410 e. The van der Waals surface area contributed by atoms with Gasteiger partial charge < -0.3 is 19.7 Å². The maximum absolute atomic E-state index is 13.3. The summed E-state index contributed by atoms with van der Waals surface area (Å²) in [5.74, 6) is 0.953. The molecule has 5 rings (SSSR count). The van der Waals surface area contributed by atoms with Crippen LogP contribution in [0.5, 0.6) is 11.6 Å². The third kappa shape index (κ3) is 8.00. The SMILES string of the molecule is Cc1c(Oc2ncccc2-c2ccnc(N[C@H]3CCCN(C(=O)OC(C)(C)C)C3)n2)cccc1S(=O)(=O)Nc1ccccc1Cl. The fourth-order valence-corrected chi connectivity index (χ4v) is 6.44. The van der Waals surface area contributed by atoms with Gasteiger partial charge in [-0.25, -0.2) is 28.2 Å². The van der Waals surface area contributed by atoms with Crippen molar-refractivity contribution in [1.29, 1.82) is 0 Å². The molecule has 0 saturated carbocycles. The summed E-state index contributed by atoms with van der Waals surface area (Å²) in [4.78, 5) is 27.9. The highest BCUT2D eigenvalue weighted by molar-refractivity contribution is 7.92. The van der Waals surface area contributed by atoms with E-state index < -0.39 is 15.6 Å². The van der Waals surface area contributed by atoms with Gasteiger partial charge in [0.15, 0.2) is 0 Å². The number of hydrogen-bond donors (Lipinski definition) is 2. The second-order valence-electron chi connectivity index (χ2n) is 11.6. The van der Waals surface area contributed by atoms with Gasteiger partial charge in [-0.1, -0.05) is 29.8 Å². The lowest BCUT2D eigenvalue weighted by Gasteiger charge is -2.34. The molecule has 236 valence electrons. The van der Waals surface area contributed by atoms with Crippen molar-refractivity contribution in [1.82, 2.24) is 19.9 Å². The first-order valence-corrected chi connectivity index (χ1v) is 16.3. The molecule has 0 bridgehead atoms. The zero-order valence-corrected chi connectivity index (χ0v) is 27.0. The fraction of sp³-hybridized carbons (Fsp3) is 0.312. The van der Waals surface area contributed by atoms with E-state index >= 15 is 0 Å². The molecule has 1 saturated heterocycles. The normalized spacial score (nSPS) is 15.3. The first-order valence-electron chi connectivity index (χ1n) is 14.5. The van der Waals surface area contributed by atoms with E-state index in [1.807, 2.05) is 26.8 Å². The van der Waals surface area contributed by atoms with E-state index in [9.17, 15) is 13.2 Å². The van der Waals surface area contributed by atoms with Crippen molar-refractivity contribution < 1.29 is 22.7 Å². The summed E-state index contributed by atoms with van der Waals surface area (Å²) in [5.41, 5.74) is 1.24. The van der Waals surface area contributed by atoms with Gasteiger partial charge in [0.1, 0.15) is 11.4 Å². The molecular formula is C32H35ClN6O5S. The highest BCUT2D eigenvalue weighted by atomic mass is 35.5. The van der Waals surface area contributed by atoms with Crippen molar-refractivity contribution in [2.45, 2.75) is 57.1 Å². The number of piperidine rings is 1. The molecule has 0 spiro atoms. The number of para-hydroxylation sites is 1. The minimum Gasteiger partial charge on any atom is -0.444 e. The van der Waals surface area contributed by atoms with E-state index in [-0.39, 0.29) is 33.6 Å². The van der Waals surface area contributed by atoms with Crippen LogP contribution in [-0.4, -0.2) is 59.1 Å². The summed E-state index contributed by atoms with van der Waals surface area (Å²) in [6, 6.07) is 16.6. The van der Waals surface area contributed by atoms with Crippen LogP contribution in [-0.2, 0) is 14.8 Å². The molecule has 0 unspecified atom stereocenters. The summed E-state index contributed by atoms with van der Waals surface area (Å²) < 4.78 is 40.9. The number of aromatic nitrogens is 3. The molecule has 2 aromatic heterocycles. The van der Waals surface area contributed by atoms with Crippen LogP contribution in [0.3, 0.4) is 0 Å².